The summed E-state index contributed by atoms with van der Waals surface area (Å²) in [5, 5.41) is 0. The molecule has 0 aliphatic carbocycles. The van der Waals surface area contributed by atoms with Crippen LogP contribution < -0.4 is 5.73 Å². The van der Waals surface area contributed by atoms with E-state index < -0.39 is 21.9 Å². The molecule has 0 spiro atoms. The monoisotopic (exact) mass is 373 g/mol. The second-order valence-electron chi connectivity index (χ2n) is 5.48. The van der Waals surface area contributed by atoms with Gasteiger partial charge >= 0.3 is 6.18 Å². The number of aromatic nitrogens is 1. The molecule has 0 bridgehead atoms. The predicted octanol–water partition coefficient (Wildman–Crippen LogP) is 2.27. The lowest BCUT2D eigenvalue weighted by molar-refractivity contribution is -0.141. The van der Waals surface area contributed by atoms with Gasteiger partial charge in [0.05, 0.1) is 0 Å². The summed E-state index contributed by atoms with van der Waals surface area (Å²) in [6, 6.07) is 1.63. The Labute approximate surface area is 139 Å². The molecular formula is C13H19ClF3N3O2S. The van der Waals surface area contributed by atoms with E-state index in [0.717, 1.165) is 12.3 Å². The minimum Gasteiger partial charge on any atom is -0.328 e. The summed E-state index contributed by atoms with van der Waals surface area (Å²) in [4.78, 5) is 2.98. The maximum absolute atomic E-state index is 12.5. The van der Waals surface area contributed by atoms with Crippen LogP contribution in [0.1, 0.15) is 25.5 Å². The molecule has 1 aliphatic heterocycles. The van der Waals surface area contributed by atoms with Crippen LogP contribution in [0.3, 0.4) is 0 Å². The number of hydrogen-bond acceptors (Lipinski definition) is 4. The SMILES string of the molecule is CC(N)C1CCN(S(=O)(=O)c2ccc(C(F)(F)F)nc2)CC1.Cl. The molecule has 2 heterocycles. The van der Waals surface area contributed by atoms with E-state index in [4.69, 9.17) is 5.73 Å². The summed E-state index contributed by atoms with van der Waals surface area (Å²) in [6.45, 7) is 2.51. The molecule has 5 nitrogen and oxygen atoms in total. The van der Waals surface area contributed by atoms with Gasteiger partial charge in [-0.3, -0.25) is 4.98 Å². The van der Waals surface area contributed by atoms with Crippen LogP contribution in [0.4, 0.5) is 13.2 Å². The Kier molecular flexibility index (Phi) is 6.42. The highest BCUT2D eigenvalue weighted by molar-refractivity contribution is 7.89. The minimum absolute atomic E-state index is 0. The zero-order chi connectivity index (χ0) is 16.5. The van der Waals surface area contributed by atoms with Crippen molar-refractivity contribution in [3.63, 3.8) is 0 Å². The molecule has 0 aromatic carbocycles. The summed E-state index contributed by atoms with van der Waals surface area (Å²) < 4.78 is 63.4. The van der Waals surface area contributed by atoms with E-state index in [0.29, 0.717) is 32.0 Å². The first kappa shape index (κ1) is 20.1. The van der Waals surface area contributed by atoms with Gasteiger partial charge in [-0.2, -0.15) is 17.5 Å². The van der Waals surface area contributed by atoms with Crippen molar-refractivity contribution >= 4 is 22.4 Å². The van der Waals surface area contributed by atoms with E-state index in [1.165, 1.54) is 4.31 Å². The maximum atomic E-state index is 12.5. The van der Waals surface area contributed by atoms with Crippen molar-refractivity contribution in [1.82, 2.24) is 9.29 Å². The van der Waals surface area contributed by atoms with Gasteiger partial charge in [-0.1, -0.05) is 0 Å². The van der Waals surface area contributed by atoms with Crippen molar-refractivity contribution in [2.45, 2.75) is 36.9 Å². The zero-order valence-electron chi connectivity index (χ0n) is 12.5. The number of nitrogens with two attached hydrogens (primary N) is 1. The Hall–Kier alpha value is -0.900. The topological polar surface area (TPSA) is 76.3 Å². The first-order valence-corrected chi connectivity index (χ1v) is 8.35. The van der Waals surface area contributed by atoms with Crippen molar-refractivity contribution < 1.29 is 21.6 Å². The van der Waals surface area contributed by atoms with Crippen LogP contribution in [-0.4, -0.2) is 36.8 Å². The van der Waals surface area contributed by atoms with Crippen LogP contribution >= 0.6 is 12.4 Å². The lowest BCUT2D eigenvalue weighted by atomic mass is 9.92. The number of pyridine rings is 1. The molecule has 132 valence electrons. The normalized spacial score (nSPS) is 19.2. The molecule has 0 saturated carbocycles. The molecule has 23 heavy (non-hydrogen) atoms. The first-order chi connectivity index (χ1) is 10.1. The van der Waals surface area contributed by atoms with E-state index in [1.807, 2.05) is 6.92 Å². The molecule has 1 aliphatic rings. The number of nitrogens with zero attached hydrogens (tertiary/aromatic N) is 2. The van der Waals surface area contributed by atoms with Gasteiger partial charge < -0.3 is 5.73 Å². The molecular weight excluding hydrogens is 355 g/mol. The third-order valence-corrected chi connectivity index (χ3v) is 5.79. The van der Waals surface area contributed by atoms with Crippen molar-refractivity contribution in [3.05, 3.63) is 24.0 Å². The van der Waals surface area contributed by atoms with Crippen LogP contribution in [0.5, 0.6) is 0 Å². The minimum atomic E-state index is -4.59. The summed E-state index contributed by atoms with van der Waals surface area (Å²) in [5.74, 6) is 0.261. The van der Waals surface area contributed by atoms with Crippen LogP contribution in [-0.2, 0) is 16.2 Å². The van der Waals surface area contributed by atoms with E-state index in [-0.39, 0.29) is 29.3 Å². The Morgan fingerprint density at radius 1 is 1.30 bits per heavy atom. The summed E-state index contributed by atoms with van der Waals surface area (Å²) in [7, 11) is -3.81. The summed E-state index contributed by atoms with van der Waals surface area (Å²) in [6.07, 6.45) is -2.54. The van der Waals surface area contributed by atoms with Crippen molar-refractivity contribution in [2.75, 3.05) is 13.1 Å². The number of piperidine rings is 1. The van der Waals surface area contributed by atoms with Gasteiger partial charge in [-0.05, 0) is 37.8 Å². The van der Waals surface area contributed by atoms with Crippen LogP contribution in [0.25, 0.3) is 0 Å². The van der Waals surface area contributed by atoms with Gasteiger partial charge in [0.25, 0.3) is 0 Å². The molecule has 0 amide bonds. The lowest BCUT2D eigenvalue weighted by Crippen LogP contribution is -2.42. The molecule has 2 N–H and O–H groups in total. The Balaban J connectivity index is 0.00000264. The van der Waals surface area contributed by atoms with Crippen LogP contribution in [0.2, 0.25) is 0 Å². The van der Waals surface area contributed by atoms with Gasteiger partial charge in [0.2, 0.25) is 10.0 Å². The zero-order valence-corrected chi connectivity index (χ0v) is 14.1. The molecule has 0 radical (unpaired) electrons. The molecule has 1 aromatic rings. The third-order valence-electron chi connectivity index (χ3n) is 3.91. The molecule has 1 unspecified atom stereocenters. The molecule has 10 heteroatoms. The summed E-state index contributed by atoms with van der Waals surface area (Å²) >= 11 is 0. The number of sulfonamides is 1. The Bertz CT molecular complexity index is 612. The Morgan fingerprint density at radius 3 is 2.26 bits per heavy atom. The third kappa shape index (κ3) is 4.56. The maximum Gasteiger partial charge on any atom is 0.433 e. The largest absolute Gasteiger partial charge is 0.433 e. The van der Waals surface area contributed by atoms with E-state index in [9.17, 15) is 21.6 Å². The van der Waals surface area contributed by atoms with Crippen molar-refractivity contribution in [1.29, 1.82) is 0 Å². The van der Waals surface area contributed by atoms with Gasteiger partial charge in [0, 0.05) is 25.3 Å². The lowest BCUT2D eigenvalue weighted by Gasteiger charge is -2.32. The highest BCUT2D eigenvalue weighted by atomic mass is 35.5. The summed E-state index contributed by atoms with van der Waals surface area (Å²) in [5.41, 5.74) is 4.70. The Morgan fingerprint density at radius 2 is 1.87 bits per heavy atom. The van der Waals surface area contributed by atoms with Crippen molar-refractivity contribution in [3.8, 4) is 0 Å². The van der Waals surface area contributed by atoms with Gasteiger partial charge in [-0.15, -0.1) is 12.4 Å². The van der Waals surface area contributed by atoms with Crippen LogP contribution in [0, 0.1) is 5.92 Å². The quantitative estimate of drug-likeness (QED) is 0.881. The standard InChI is InChI=1S/C13H18F3N3O2S.ClH/c1-9(17)10-4-6-19(7-5-10)22(20,21)11-2-3-12(18-8-11)13(14,15)16;/h2-3,8-10H,4-7,17H2,1H3;1H. The predicted molar refractivity (Wildman–Crippen MR) is 81.6 cm³/mol. The van der Waals surface area contributed by atoms with Crippen molar-refractivity contribution in [2.24, 2.45) is 11.7 Å². The van der Waals surface area contributed by atoms with Gasteiger partial charge in [0.15, 0.2) is 0 Å². The van der Waals surface area contributed by atoms with Crippen LogP contribution in [0.15, 0.2) is 23.2 Å². The molecule has 1 fully saturated rings. The molecule has 1 aromatic heterocycles. The van der Waals surface area contributed by atoms with E-state index in [1.54, 1.807) is 0 Å². The fourth-order valence-electron chi connectivity index (χ4n) is 2.49. The molecule has 1 saturated heterocycles. The molecule has 2 rings (SSSR count). The van der Waals surface area contributed by atoms with E-state index in [2.05, 4.69) is 4.98 Å². The van der Waals surface area contributed by atoms with E-state index >= 15 is 0 Å². The highest BCUT2D eigenvalue weighted by Gasteiger charge is 2.34. The highest BCUT2D eigenvalue weighted by Crippen LogP contribution is 2.29. The second kappa shape index (κ2) is 7.33. The van der Waals surface area contributed by atoms with Gasteiger partial charge in [-0.25, -0.2) is 8.42 Å². The average molecular weight is 374 g/mol. The average Bonchev–Trinajstić information content (AvgIpc) is 2.46. The fourth-order valence-corrected chi connectivity index (χ4v) is 3.91. The smallest absolute Gasteiger partial charge is 0.328 e. The first-order valence-electron chi connectivity index (χ1n) is 6.91. The van der Waals surface area contributed by atoms with Gasteiger partial charge in [0.1, 0.15) is 10.6 Å². The second-order valence-corrected chi connectivity index (χ2v) is 7.42. The number of alkyl halides is 3. The fraction of sp³-hybridized carbons (Fsp3) is 0.615. The molecule has 1 atom stereocenters. The number of halogens is 4. The number of rotatable bonds is 3. The number of hydrogen-bond donors (Lipinski definition) is 1.